The molecule has 1 aromatic carbocycles. The molecule has 120 valence electrons. The molecule has 4 nitrogen and oxygen atoms in total. The molecule has 0 saturated heterocycles. The van der Waals surface area contributed by atoms with Crippen molar-refractivity contribution in [1.82, 2.24) is 14.8 Å². The maximum atomic E-state index is 12.5. The molecule has 0 bridgehead atoms. The molecule has 0 N–H and O–H groups in total. The van der Waals surface area contributed by atoms with Crippen LogP contribution in [0.4, 0.5) is 0 Å². The normalized spacial score (nSPS) is 13.8. The summed E-state index contributed by atoms with van der Waals surface area (Å²) in [5.74, 6) is 0.167. The number of fused-ring (bicyclic) bond motifs is 1. The highest BCUT2D eigenvalue weighted by Crippen LogP contribution is 2.31. The monoisotopic (exact) mass is 337 g/mol. The van der Waals surface area contributed by atoms with E-state index in [1.54, 1.807) is 12.4 Å². The van der Waals surface area contributed by atoms with Gasteiger partial charge in [0.1, 0.15) is 5.69 Å². The van der Waals surface area contributed by atoms with Gasteiger partial charge in [-0.05, 0) is 36.6 Å². The van der Waals surface area contributed by atoms with Crippen molar-refractivity contribution in [3.05, 3.63) is 70.6 Å². The van der Waals surface area contributed by atoms with Gasteiger partial charge in [-0.1, -0.05) is 29.8 Å². The van der Waals surface area contributed by atoms with Gasteiger partial charge in [0.2, 0.25) is 0 Å². The van der Waals surface area contributed by atoms with Crippen LogP contribution in [0.15, 0.2) is 48.8 Å². The standard InChI is InChI=1S/C19H16ClN3O/c20-15-7-2-1-5-14(15)12-23-16-8-3-9-17(24)18(16)19(22-23)13-6-4-10-21-11-13/h1-2,4-7,10-11H,3,8-9,12H2. The van der Waals surface area contributed by atoms with Crippen molar-refractivity contribution in [1.29, 1.82) is 0 Å². The van der Waals surface area contributed by atoms with Crippen molar-refractivity contribution >= 4 is 17.4 Å². The molecule has 5 heteroatoms. The first-order valence-electron chi connectivity index (χ1n) is 8.00. The van der Waals surface area contributed by atoms with E-state index < -0.39 is 0 Å². The van der Waals surface area contributed by atoms with Gasteiger partial charge in [0.25, 0.3) is 0 Å². The number of hydrogen-bond donors (Lipinski definition) is 0. The number of benzene rings is 1. The van der Waals surface area contributed by atoms with Crippen LogP contribution in [0, 0.1) is 0 Å². The molecule has 0 saturated carbocycles. The molecular weight excluding hydrogens is 322 g/mol. The number of aromatic nitrogens is 3. The Morgan fingerprint density at radius 2 is 2.00 bits per heavy atom. The van der Waals surface area contributed by atoms with Gasteiger partial charge in [-0.2, -0.15) is 5.10 Å². The summed E-state index contributed by atoms with van der Waals surface area (Å²) in [5.41, 5.74) is 4.36. The van der Waals surface area contributed by atoms with Crippen molar-refractivity contribution in [2.45, 2.75) is 25.8 Å². The zero-order chi connectivity index (χ0) is 16.5. The van der Waals surface area contributed by atoms with Gasteiger partial charge in [0.05, 0.1) is 17.8 Å². The van der Waals surface area contributed by atoms with Crippen molar-refractivity contribution in [2.75, 3.05) is 0 Å². The molecule has 0 atom stereocenters. The zero-order valence-electron chi connectivity index (χ0n) is 13.1. The lowest BCUT2D eigenvalue weighted by atomic mass is 9.92. The lowest BCUT2D eigenvalue weighted by molar-refractivity contribution is 0.0972. The number of nitrogens with zero attached hydrogens (tertiary/aromatic N) is 3. The number of ketones is 1. The summed E-state index contributed by atoms with van der Waals surface area (Å²) in [4.78, 5) is 16.7. The quantitative estimate of drug-likeness (QED) is 0.720. The van der Waals surface area contributed by atoms with E-state index in [-0.39, 0.29) is 5.78 Å². The third-order valence-corrected chi connectivity index (χ3v) is 4.74. The fraction of sp³-hybridized carbons (Fsp3) is 0.211. The molecule has 2 heterocycles. The third kappa shape index (κ3) is 2.63. The molecular formula is C19H16ClN3O. The number of carbonyl (C=O) groups excluding carboxylic acids is 1. The van der Waals surface area contributed by atoms with Crippen LogP contribution in [-0.4, -0.2) is 20.5 Å². The Balaban J connectivity index is 1.84. The van der Waals surface area contributed by atoms with Gasteiger partial charge in [-0.15, -0.1) is 0 Å². The largest absolute Gasteiger partial charge is 0.294 e. The Hall–Kier alpha value is -2.46. The van der Waals surface area contributed by atoms with E-state index in [2.05, 4.69) is 4.98 Å². The van der Waals surface area contributed by atoms with E-state index in [0.717, 1.165) is 40.9 Å². The third-order valence-electron chi connectivity index (χ3n) is 4.37. The van der Waals surface area contributed by atoms with Gasteiger partial charge in [0, 0.05) is 29.4 Å². The topological polar surface area (TPSA) is 47.8 Å². The molecule has 0 aliphatic heterocycles. The number of Topliss-reactive ketones (excluding diaryl/α,β-unsaturated/α-hetero) is 1. The van der Waals surface area contributed by atoms with E-state index in [1.165, 1.54) is 0 Å². The Morgan fingerprint density at radius 1 is 1.12 bits per heavy atom. The maximum absolute atomic E-state index is 12.5. The summed E-state index contributed by atoms with van der Waals surface area (Å²) >= 11 is 6.29. The fourth-order valence-electron chi connectivity index (χ4n) is 3.21. The Labute approximate surface area is 145 Å². The van der Waals surface area contributed by atoms with Crippen LogP contribution in [0.5, 0.6) is 0 Å². The van der Waals surface area contributed by atoms with Crippen LogP contribution in [0.1, 0.15) is 34.5 Å². The molecule has 0 spiro atoms. The molecule has 0 amide bonds. The molecule has 1 aliphatic rings. The number of pyridine rings is 1. The average molecular weight is 338 g/mol. The average Bonchev–Trinajstić information content (AvgIpc) is 2.98. The first-order valence-corrected chi connectivity index (χ1v) is 8.38. The van der Waals surface area contributed by atoms with Crippen LogP contribution in [0.2, 0.25) is 5.02 Å². The van der Waals surface area contributed by atoms with E-state index in [1.807, 2.05) is 41.1 Å². The Kier molecular flexibility index (Phi) is 3.90. The van der Waals surface area contributed by atoms with Gasteiger partial charge in [-0.3, -0.25) is 14.5 Å². The summed E-state index contributed by atoms with van der Waals surface area (Å²) in [5, 5.41) is 5.46. The highest BCUT2D eigenvalue weighted by molar-refractivity contribution is 6.31. The molecule has 3 aromatic rings. The first kappa shape index (κ1) is 15.1. The van der Waals surface area contributed by atoms with Crippen LogP contribution in [0.3, 0.4) is 0 Å². The maximum Gasteiger partial charge on any atom is 0.166 e. The van der Waals surface area contributed by atoms with Gasteiger partial charge >= 0.3 is 0 Å². The number of hydrogen-bond acceptors (Lipinski definition) is 3. The lowest BCUT2D eigenvalue weighted by Crippen LogP contribution is -2.14. The zero-order valence-corrected chi connectivity index (χ0v) is 13.8. The number of halogens is 1. The van der Waals surface area contributed by atoms with Crippen LogP contribution in [0.25, 0.3) is 11.3 Å². The fourth-order valence-corrected chi connectivity index (χ4v) is 3.40. The van der Waals surface area contributed by atoms with Crippen molar-refractivity contribution in [2.24, 2.45) is 0 Å². The van der Waals surface area contributed by atoms with Crippen LogP contribution in [-0.2, 0) is 13.0 Å². The number of carbonyl (C=O) groups is 1. The highest BCUT2D eigenvalue weighted by atomic mass is 35.5. The van der Waals surface area contributed by atoms with Gasteiger partial charge in [-0.25, -0.2) is 0 Å². The SMILES string of the molecule is O=C1CCCc2c1c(-c1cccnc1)nn2Cc1ccccc1Cl. The minimum Gasteiger partial charge on any atom is -0.294 e. The summed E-state index contributed by atoms with van der Waals surface area (Å²) in [6.07, 6.45) is 5.78. The minimum absolute atomic E-state index is 0.167. The van der Waals surface area contributed by atoms with Gasteiger partial charge in [0.15, 0.2) is 5.78 Å². The van der Waals surface area contributed by atoms with Crippen LogP contribution >= 0.6 is 11.6 Å². The molecule has 24 heavy (non-hydrogen) atoms. The summed E-state index contributed by atoms with van der Waals surface area (Å²) in [7, 11) is 0. The highest BCUT2D eigenvalue weighted by Gasteiger charge is 2.27. The Morgan fingerprint density at radius 3 is 2.79 bits per heavy atom. The summed E-state index contributed by atoms with van der Waals surface area (Å²) < 4.78 is 1.93. The van der Waals surface area contributed by atoms with Gasteiger partial charge < -0.3 is 0 Å². The molecule has 1 aliphatic carbocycles. The minimum atomic E-state index is 0.167. The molecule has 2 aromatic heterocycles. The van der Waals surface area contributed by atoms with E-state index >= 15 is 0 Å². The second-order valence-electron chi connectivity index (χ2n) is 5.94. The summed E-state index contributed by atoms with van der Waals surface area (Å²) in [6, 6.07) is 11.5. The van der Waals surface area contributed by atoms with E-state index in [0.29, 0.717) is 18.0 Å². The van der Waals surface area contributed by atoms with Crippen LogP contribution < -0.4 is 0 Å². The van der Waals surface area contributed by atoms with E-state index in [9.17, 15) is 4.79 Å². The molecule has 0 unspecified atom stereocenters. The lowest BCUT2D eigenvalue weighted by Gasteiger charge is -2.14. The van der Waals surface area contributed by atoms with Crippen molar-refractivity contribution in [3.8, 4) is 11.3 Å². The Bertz CT molecular complexity index is 902. The van der Waals surface area contributed by atoms with Crippen molar-refractivity contribution < 1.29 is 4.79 Å². The van der Waals surface area contributed by atoms with E-state index in [4.69, 9.17) is 16.7 Å². The molecule has 0 fully saturated rings. The first-order chi connectivity index (χ1) is 11.7. The molecule has 4 rings (SSSR count). The number of rotatable bonds is 3. The predicted molar refractivity (Wildman–Crippen MR) is 93.3 cm³/mol. The predicted octanol–water partition coefficient (Wildman–Crippen LogP) is 4.17. The molecule has 0 radical (unpaired) electrons. The summed E-state index contributed by atoms with van der Waals surface area (Å²) in [6.45, 7) is 0.565. The second-order valence-corrected chi connectivity index (χ2v) is 6.34. The second kappa shape index (κ2) is 6.21. The van der Waals surface area contributed by atoms with Crippen molar-refractivity contribution in [3.63, 3.8) is 0 Å². The smallest absolute Gasteiger partial charge is 0.166 e.